The second-order valence-electron chi connectivity index (χ2n) is 3.73. The summed E-state index contributed by atoms with van der Waals surface area (Å²) < 4.78 is 4.94. The molecule has 0 bridgehead atoms. The average molecular weight is 222 g/mol. The molecule has 1 aromatic rings. The van der Waals surface area contributed by atoms with Crippen LogP contribution in [0.2, 0.25) is 0 Å². The van der Waals surface area contributed by atoms with Crippen LogP contribution in [-0.2, 0) is 4.74 Å². The van der Waals surface area contributed by atoms with Crippen molar-refractivity contribution >= 4 is 17.5 Å². The summed E-state index contributed by atoms with van der Waals surface area (Å²) in [4.78, 5) is 16.6. The fourth-order valence-electron chi connectivity index (χ4n) is 1.89. The number of carbonyl (C=O) groups excluding carboxylic acids is 1. The molecule has 16 heavy (non-hydrogen) atoms. The lowest BCUT2D eigenvalue weighted by atomic mass is 10.3. The zero-order valence-electron chi connectivity index (χ0n) is 8.80. The minimum Gasteiger partial charge on any atom is -0.444 e. The smallest absolute Gasteiger partial charge is 0.404 e. The largest absolute Gasteiger partial charge is 0.444 e. The molecular formula is C10H14N4O2. The first-order valence-electron chi connectivity index (χ1n) is 5.07. The first-order chi connectivity index (χ1) is 7.66. The van der Waals surface area contributed by atoms with Gasteiger partial charge in [0, 0.05) is 19.2 Å². The number of carbonyl (C=O) groups is 1. The minimum atomic E-state index is -0.727. The van der Waals surface area contributed by atoms with Crippen LogP contribution in [0, 0.1) is 0 Å². The van der Waals surface area contributed by atoms with Crippen molar-refractivity contribution in [1.82, 2.24) is 4.98 Å². The Labute approximate surface area is 93.2 Å². The van der Waals surface area contributed by atoms with Crippen molar-refractivity contribution in [2.75, 3.05) is 23.7 Å². The van der Waals surface area contributed by atoms with E-state index < -0.39 is 6.09 Å². The van der Waals surface area contributed by atoms with Gasteiger partial charge in [-0.25, -0.2) is 4.79 Å². The van der Waals surface area contributed by atoms with E-state index in [1.807, 2.05) is 6.07 Å². The molecule has 6 nitrogen and oxygen atoms in total. The lowest BCUT2D eigenvalue weighted by Gasteiger charge is -2.19. The molecule has 6 heteroatoms. The number of rotatable bonds is 2. The van der Waals surface area contributed by atoms with Crippen LogP contribution in [0.3, 0.4) is 0 Å². The van der Waals surface area contributed by atoms with E-state index in [4.69, 9.17) is 16.2 Å². The Morgan fingerprint density at radius 1 is 1.62 bits per heavy atom. The zero-order valence-corrected chi connectivity index (χ0v) is 8.80. The molecule has 0 spiro atoms. The van der Waals surface area contributed by atoms with Crippen LogP contribution in [0.5, 0.6) is 0 Å². The van der Waals surface area contributed by atoms with Crippen LogP contribution in [0.4, 0.5) is 16.2 Å². The molecule has 0 unspecified atom stereocenters. The molecule has 86 valence electrons. The highest BCUT2D eigenvalue weighted by atomic mass is 16.6. The van der Waals surface area contributed by atoms with E-state index >= 15 is 0 Å². The van der Waals surface area contributed by atoms with E-state index in [0.29, 0.717) is 12.2 Å². The van der Waals surface area contributed by atoms with Gasteiger partial charge in [-0.1, -0.05) is 0 Å². The van der Waals surface area contributed by atoms with E-state index in [2.05, 4.69) is 9.88 Å². The Kier molecular flexibility index (Phi) is 2.80. The molecule has 0 radical (unpaired) electrons. The number of primary amides is 1. The highest BCUT2D eigenvalue weighted by molar-refractivity contribution is 5.67. The quantitative estimate of drug-likeness (QED) is 0.752. The van der Waals surface area contributed by atoms with E-state index in [0.717, 1.165) is 18.7 Å². The van der Waals surface area contributed by atoms with E-state index in [-0.39, 0.29) is 6.10 Å². The SMILES string of the molecule is NC(=O)O[C@H]1CCN(c2ccncc2N)C1. The maximum atomic E-state index is 10.6. The molecule has 0 saturated carbocycles. The summed E-state index contributed by atoms with van der Waals surface area (Å²) in [6, 6.07) is 1.85. The standard InChI is InChI=1S/C10H14N4O2/c11-8-5-13-3-1-9(8)14-4-2-7(6-14)16-10(12)15/h1,3,5,7H,2,4,6,11H2,(H2,12,15)/t7-/m0/s1. The van der Waals surface area contributed by atoms with Crippen LogP contribution < -0.4 is 16.4 Å². The van der Waals surface area contributed by atoms with Crippen LogP contribution in [0.25, 0.3) is 0 Å². The lowest BCUT2D eigenvalue weighted by molar-refractivity contribution is 0.117. The summed E-state index contributed by atoms with van der Waals surface area (Å²) in [7, 11) is 0. The third-order valence-corrected chi connectivity index (χ3v) is 2.60. The Balaban J connectivity index is 2.04. The van der Waals surface area contributed by atoms with Crippen LogP contribution in [0.15, 0.2) is 18.5 Å². The van der Waals surface area contributed by atoms with Gasteiger partial charge in [0.05, 0.1) is 24.1 Å². The maximum absolute atomic E-state index is 10.6. The van der Waals surface area contributed by atoms with Gasteiger partial charge in [-0.2, -0.15) is 0 Å². The molecular weight excluding hydrogens is 208 g/mol. The molecule has 1 amide bonds. The highest BCUT2D eigenvalue weighted by Gasteiger charge is 2.26. The predicted octanol–water partition coefficient (Wildman–Crippen LogP) is 0.338. The van der Waals surface area contributed by atoms with Crippen molar-refractivity contribution in [1.29, 1.82) is 0 Å². The maximum Gasteiger partial charge on any atom is 0.404 e. The summed E-state index contributed by atoms with van der Waals surface area (Å²) >= 11 is 0. The third kappa shape index (κ3) is 2.16. The van der Waals surface area contributed by atoms with Crippen LogP contribution >= 0.6 is 0 Å². The molecule has 1 atom stereocenters. The molecule has 0 aromatic carbocycles. The predicted molar refractivity (Wildman–Crippen MR) is 59.9 cm³/mol. The fraction of sp³-hybridized carbons (Fsp3) is 0.400. The number of aromatic nitrogens is 1. The van der Waals surface area contributed by atoms with Gasteiger partial charge in [0.1, 0.15) is 6.10 Å². The van der Waals surface area contributed by atoms with Crippen molar-refractivity contribution in [3.05, 3.63) is 18.5 Å². The average Bonchev–Trinajstić information content (AvgIpc) is 2.66. The van der Waals surface area contributed by atoms with Crippen LogP contribution in [-0.4, -0.2) is 30.3 Å². The summed E-state index contributed by atoms with van der Waals surface area (Å²) in [5.41, 5.74) is 12.3. The molecule has 1 fully saturated rings. The van der Waals surface area contributed by atoms with Gasteiger partial charge in [0.15, 0.2) is 0 Å². The van der Waals surface area contributed by atoms with Crippen molar-refractivity contribution < 1.29 is 9.53 Å². The van der Waals surface area contributed by atoms with Crippen molar-refractivity contribution in [2.45, 2.75) is 12.5 Å². The van der Waals surface area contributed by atoms with E-state index in [1.54, 1.807) is 12.4 Å². The van der Waals surface area contributed by atoms with Gasteiger partial charge in [0.25, 0.3) is 0 Å². The molecule has 1 aliphatic rings. The topological polar surface area (TPSA) is 94.5 Å². The fourth-order valence-corrected chi connectivity index (χ4v) is 1.89. The Bertz CT molecular complexity index is 396. The van der Waals surface area contributed by atoms with Gasteiger partial charge in [-0.15, -0.1) is 0 Å². The number of hydrogen-bond acceptors (Lipinski definition) is 5. The molecule has 4 N–H and O–H groups in total. The number of nitrogens with two attached hydrogens (primary N) is 2. The molecule has 1 saturated heterocycles. The molecule has 1 aromatic heterocycles. The zero-order chi connectivity index (χ0) is 11.5. The third-order valence-electron chi connectivity index (χ3n) is 2.60. The van der Waals surface area contributed by atoms with E-state index in [9.17, 15) is 4.79 Å². The second kappa shape index (κ2) is 4.26. The Morgan fingerprint density at radius 3 is 3.12 bits per heavy atom. The number of pyridine rings is 1. The normalized spacial score (nSPS) is 19.8. The molecule has 1 aliphatic heterocycles. The summed E-state index contributed by atoms with van der Waals surface area (Å²) in [5, 5.41) is 0. The second-order valence-corrected chi connectivity index (χ2v) is 3.73. The number of amides is 1. The van der Waals surface area contributed by atoms with Gasteiger partial charge < -0.3 is 21.1 Å². The van der Waals surface area contributed by atoms with Gasteiger partial charge >= 0.3 is 6.09 Å². The number of nitrogen functional groups attached to an aromatic ring is 1. The summed E-state index contributed by atoms with van der Waals surface area (Å²) in [5.74, 6) is 0. The first kappa shape index (κ1) is 10.5. The minimum absolute atomic E-state index is 0.148. The number of hydrogen-bond donors (Lipinski definition) is 2. The lowest BCUT2D eigenvalue weighted by Crippen LogP contribution is -2.27. The number of anilines is 2. The van der Waals surface area contributed by atoms with Gasteiger partial charge in [0.2, 0.25) is 0 Å². The van der Waals surface area contributed by atoms with Crippen molar-refractivity contribution in [3.63, 3.8) is 0 Å². The first-order valence-corrected chi connectivity index (χ1v) is 5.07. The molecule has 0 aliphatic carbocycles. The number of ether oxygens (including phenoxy) is 1. The Hall–Kier alpha value is -1.98. The van der Waals surface area contributed by atoms with Crippen LogP contribution in [0.1, 0.15) is 6.42 Å². The van der Waals surface area contributed by atoms with Gasteiger partial charge in [-0.3, -0.25) is 4.98 Å². The molecule has 2 rings (SSSR count). The monoisotopic (exact) mass is 222 g/mol. The van der Waals surface area contributed by atoms with Crippen molar-refractivity contribution in [2.24, 2.45) is 5.73 Å². The molecule has 2 heterocycles. The van der Waals surface area contributed by atoms with Gasteiger partial charge in [-0.05, 0) is 6.07 Å². The van der Waals surface area contributed by atoms with Crippen molar-refractivity contribution in [3.8, 4) is 0 Å². The summed E-state index contributed by atoms with van der Waals surface area (Å²) in [6.07, 6.45) is 3.19. The highest BCUT2D eigenvalue weighted by Crippen LogP contribution is 2.26. The number of nitrogens with zero attached hydrogens (tertiary/aromatic N) is 2. The summed E-state index contributed by atoms with van der Waals surface area (Å²) in [6.45, 7) is 1.42. The van der Waals surface area contributed by atoms with E-state index in [1.165, 1.54) is 0 Å². The Morgan fingerprint density at radius 2 is 2.44 bits per heavy atom.